The molecule has 2 N–H and O–H groups in total. The number of ketones is 1. The van der Waals surface area contributed by atoms with E-state index in [4.69, 9.17) is 10.2 Å². The summed E-state index contributed by atoms with van der Waals surface area (Å²) in [7, 11) is 0. The Morgan fingerprint density at radius 2 is 1.24 bits per heavy atom. The highest BCUT2D eigenvalue weighted by Crippen LogP contribution is 2.11. The molecule has 25 heavy (non-hydrogen) atoms. The molecule has 132 valence electrons. The second kappa shape index (κ2) is 10.0. The van der Waals surface area contributed by atoms with Crippen molar-refractivity contribution >= 4 is 17.7 Å². The van der Waals surface area contributed by atoms with Crippen LogP contribution in [0.15, 0.2) is 48.5 Å². The highest BCUT2D eigenvalue weighted by Gasteiger charge is 2.13. The molecule has 5 heteroatoms. The van der Waals surface area contributed by atoms with Crippen molar-refractivity contribution in [3.05, 3.63) is 70.8 Å². The molecule has 0 saturated heterocycles. The molecule has 0 aliphatic rings. The molecule has 0 aromatic heterocycles. The lowest BCUT2D eigenvalue weighted by molar-refractivity contribution is 0.0684. The Morgan fingerprint density at radius 3 is 1.72 bits per heavy atom. The fourth-order valence-electron chi connectivity index (χ4n) is 2.32. The zero-order valence-corrected chi connectivity index (χ0v) is 14.4. The van der Waals surface area contributed by atoms with Crippen molar-refractivity contribution in [3.8, 4) is 0 Å². The second-order valence-electron chi connectivity index (χ2n) is 5.34. The largest absolute Gasteiger partial charge is 0.478 e. The van der Waals surface area contributed by atoms with Gasteiger partial charge in [-0.05, 0) is 24.1 Å². The molecule has 0 atom stereocenters. The van der Waals surface area contributed by atoms with Gasteiger partial charge in [0, 0.05) is 12.0 Å². The highest BCUT2D eigenvalue weighted by atomic mass is 16.4. The van der Waals surface area contributed by atoms with E-state index in [9.17, 15) is 14.4 Å². The molecule has 0 bridgehead atoms. The SMILES string of the molecule is CCC(=O)c1ccccc1C(=O)O.CCCc1ccccc1C(=O)O. The Balaban J connectivity index is 0.000000251. The minimum Gasteiger partial charge on any atom is -0.478 e. The maximum absolute atomic E-state index is 11.3. The van der Waals surface area contributed by atoms with E-state index in [-0.39, 0.29) is 16.9 Å². The normalized spacial score (nSPS) is 9.68. The third kappa shape index (κ3) is 5.88. The van der Waals surface area contributed by atoms with Crippen LogP contribution in [0.3, 0.4) is 0 Å². The number of aryl methyl sites for hydroxylation is 1. The van der Waals surface area contributed by atoms with E-state index in [2.05, 4.69) is 0 Å². The number of hydrogen-bond acceptors (Lipinski definition) is 3. The Morgan fingerprint density at radius 1 is 0.760 bits per heavy atom. The molecule has 0 unspecified atom stereocenters. The minimum atomic E-state index is -1.06. The lowest BCUT2D eigenvalue weighted by Gasteiger charge is -2.02. The van der Waals surface area contributed by atoms with Crippen molar-refractivity contribution < 1.29 is 24.6 Å². The van der Waals surface area contributed by atoms with E-state index in [1.54, 1.807) is 31.2 Å². The van der Waals surface area contributed by atoms with Gasteiger partial charge in [0.05, 0.1) is 11.1 Å². The second-order valence-corrected chi connectivity index (χ2v) is 5.34. The number of Topliss-reactive ketones (excluding diaryl/α,β-unsaturated/α-hetero) is 1. The maximum Gasteiger partial charge on any atom is 0.336 e. The van der Waals surface area contributed by atoms with Crippen LogP contribution in [0.1, 0.15) is 63.3 Å². The van der Waals surface area contributed by atoms with Crippen molar-refractivity contribution in [1.82, 2.24) is 0 Å². The van der Waals surface area contributed by atoms with E-state index in [0.717, 1.165) is 18.4 Å². The Bertz CT molecular complexity index is 749. The van der Waals surface area contributed by atoms with E-state index in [1.165, 1.54) is 12.1 Å². The first-order valence-electron chi connectivity index (χ1n) is 8.09. The number of hydrogen-bond donors (Lipinski definition) is 2. The fraction of sp³-hybridized carbons (Fsp3) is 0.250. The van der Waals surface area contributed by atoms with Gasteiger partial charge < -0.3 is 10.2 Å². The standard InChI is InChI=1S/C10H10O3.C10H12O2/c1-2-9(11)7-5-3-4-6-8(7)10(12)13;1-2-5-8-6-3-4-7-9(8)10(11)12/h3-6H,2H2,1H3,(H,12,13);3-4,6-7H,2,5H2,1H3,(H,11,12). The summed E-state index contributed by atoms with van der Waals surface area (Å²) >= 11 is 0. The quantitative estimate of drug-likeness (QED) is 0.763. The minimum absolute atomic E-state index is 0.0781. The first-order chi connectivity index (χ1) is 11.9. The zero-order valence-electron chi connectivity index (χ0n) is 14.4. The molecule has 5 nitrogen and oxygen atoms in total. The van der Waals surface area contributed by atoms with Crippen LogP contribution in [0.5, 0.6) is 0 Å². The molecule has 0 fully saturated rings. The van der Waals surface area contributed by atoms with Gasteiger partial charge in [0.2, 0.25) is 0 Å². The predicted octanol–water partition coefficient (Wildman–Crippen LogP) is 4.31. The van der Waals surface area contributed by atoms with E-state index < -0.39 is 11.9 Å². The summed E-state index contributed by atoms with van der Waals surface area (Å²) in [5.41, 5.74) is 1.72. The summed E-state index contributed by atoms with van der Waals surface area (Å²) in [6.07, 6.45) is 2.14. The van der Waals surface area contributed by atoms with Gasteiger partial charge in [0.15, 0.2) is 5.78 Å². The summed E-state index contributed by atoms with van der Waals surface area (Å²) < 4.78 is 0. The average Bonchev–Trinajstić information content (AvgIpc) is 2.62. The molecule has 0 aliphatic heterocycles. The van der Waals surface area contributed by atoms with Crippen molar-refractivity contribution in [3.63, 3.8) is 0 Å². The van der Waals surface area contributed by atoms with Crippen molar-refractivity contribution in [1.29, 1.82) is 0 Å². The molecular formula is C20H22O5. The summed E-state index contributed by atoms with van der Waals surface area (Å²) in [5, 5.41) is 17.6. The Labute approximate surface area is 146 Å². The van der Waals surface area contributed by atoms with Gasteiger partial charge in [0.1, 0.15) is 0 Å². The number of carbonyl (C=O) groups is 3. The average molecular weight is 342 g/mol. The first-order valence-corrected chi connectivity index (χ1v) is 8.09. The summed E-state index contributed by atoms with van der Waals surface area (Å²) in [6.45, 7) is 3.75. The van der Waals surface area contributed by atoms with E-state index in [0.29, 0.717) is 12.0 Å². The van der Waals surface area contributed by atoms with Crippen molar-refractivity contribution in [2.75, 3.05) is 0 Å². The lowest BCUT2D eigenvalue weighted by Crippen LogP contribution is -2.07. The lowest BCUT2D eigenvalue weighted by atomic mass is 10.0. The van der Waals surface area contributed by atoms with Gasteiger partial charge in [-0.15, -0.1) is 0 Å². The number of rotatable bonds is 6. The fourth-order valence-corrected chi connectivity index (χ4v) is 2.32. The molecule has 0 amide bonds. The molecule has 2 aromatic rings. The van der Waals surface area contributed by atoms with Crippen LogP contribution in [0.2, 0.25) is 0 Å². The van der Waals surface area contributed by atoms with Gasteiger partial charge in [-0.3, -0.25) is 4.79 Å². The number of benzene rings is 2. The molecule has 2 rings (SSSR count). The summed E-state index contributed by atoms with van der Waals surface area (Å²) in [6, 6.07) is 13.4. The molecular weight excluding hydrogens is 320 g/mol. The monoisotopic (exact) mass is 342 g/mol. The number of aromatic carboxylic acids is 2. The molecule has 2 aromatic carbocycles. The zero-order chi connectivity index (χ0) is 18.8. The van der Waals surface area contributed by atoms with Crippen molar-refractivity contribution in [2.24, 2.45) is 0 Å². The maximum atomic E-state index is 11.3. The van der Waals surface area contributed by atoms with Gasteiger partial charge in [-0.2, -0.15) is 0 Å². The van der Waals surface area contributed by atoms with Gasteiger partial charge in [0.25, 0.3) is 0 Å². The third-order valence-corrected chi connectivity index (χ3v) is 3.55. The van der Waals surface area contributed by atoms with Crippen LogP contribution in [0, 0.1) is 0 Å². The van der Waals surface area contributed by atoms with E-state index >= 15 is 0 Å². The van der Waals surface area contributed by atoms with Gasteiger partial charge in [-0.1, -0.05) is 56.7 Å². The molecule has 0 radical (unpaired) electrons. The Kier molecular flexibility index (Phi) is 8.06. The van der Waals surface area contributed by atoms with Crippen LogP contribution in [-0.2, 0) is 6.42 Å². The first kappa shape index (κ1) is 20.1. The number of carbonyl (C=O) groups excluding carboxylic acids is 1. The summed E-state index contributed by atoms with van der Waals surface area (Å²) in [5.74, 6) is -2.03. The molecule has 0 aliphatic carbocycles. The molecule has 0 spiro atoms. The van der Waals surface area contributed by atoms with Crippen LogP contribution in [-0.4, -0.2) is 27.9 Å². The molecule has 0 heterocycles. The van der Waals surface area contributed by atoms with Crippen LogP contribution in [0.4, 0.5) is 0 Å². The topological polar surface area (TPSA) is 91.7 Å². The predicted molar refractivity (Wildman–Crippen MR) is 95.4 cm³/mol. The van der Waals surface area contributed by atoms with E-state index in [1.807, 2.05) is 19.1 Å². The Hall–Kier alpha value is -2.95. The van der Waals surface area contributed by atoms with Crippen LogP contribution in [0.25, 0.3) is 0 Å². The molecule has 0 saturated carbocycles. The number of carboxylic acid groups (broad SMARTS) is 2. The van der Waals surface area contributed by atoms with Crippen LogP contribution >= 0.6 is 0 Å². The van der Waals surface area contributed by atoms with Crippen molar-refractivity contribution in [2.45, 2.75) is 33.1 Å². The summed E-state index contributed by atoms with van der Waals surface area (Å²) in [4.78, 5) is 32.7. The van der Waals surface area contributed by atoms with Gasteiger partial charge >= 0.3 is 11.9 Å². The number of carboxylic acids is 2. The van der Waals surface area contributed by atoms with Gasteiger partial charge in [-0.25, -0.2) is 9.59 Å². The highest BCUT2D eigenvalue weighted by molar-refractivity contribution is 6.05. The third-order valence-electron chi connectivity index (χ3n) is 3.55. The van der Waals surface area contributed by atoms with Crippen LogP contribution < -0.4 is 0 Å². The smallest absolute Gasteiger partial charge is 0.336 e.